The molecule has 0 bridgehead atoms. The van der Waals surface area contributed by atoms with Crippen LogP contribution in [0.25, 0.3) is 0 Å². The van der Waals surface area contributed by atoms with Crippen LogP contribution in [0, 0.1) is 5.15 Å². The largest absolute Gasteiger partial charge is 0.481 e. The number of quaternary nitrogens is 1. The van der Waals surface area contributed by atoms with E-state index < -0.39 is 16.9 Å². The van der Waals surface area contributed by atoms with Crippen LogP contribution in [0.3, 0.4) is 0 Å². The van der Waals surface area contributed by atoms with E-state index in [1.165, 1.54) is 33.4 Å². The molecule has 0 radical (unpaired) electrons. The predicted molar refractivity (Wildman–Crippen MR) is 309 cm³/mol. The molecule has 0 aromatic heterocycles. The Morgan fingerprint density at radius 3 is 1.04 bits per heavy atom. The first-order valence-electron chi connectivity index (χ1n) is 26.2. The highest BCUT2D eigenvalue weighted by Gasteiger charge is 2.45. The van der Waals surface area contributed by atoms with Crippen LogP contribution >= 0.6 is 20.6 Å². The lowest BCUT2D eigenvalue weighted by molar-refractivity contribution is -0.664. The van der Waals surface area contributed by atoms with Crippen molar-refractivity contribution < 1.29 is 35.7 Å². The molecule has 4 N–H and O–H groups in total. The average Bonchev–Trinajstić information content (AvgIpc) is 3.54. The Hall–Kier alpha value is -7.76. The molecule has 8 aromatic rings. The molecule has 13 heteroatoms. The number of ether oxygens (including phenoxy) is 2. The molecule has 0 saturated carbocycles. The van der Waals surface area contributed by atoms with Gasteiger partial charge in [-0.15, -0.1) is 0 Å². The number of halogens is 1. The number of hydrogen-bond acceptors (Lipinski definition) is 8. The number of carboxylic acid groups (broad SMARTS) is 1. The molecule has 77 heavy (non-hydrogen) atoms. The molecule has 8 aromatic carbocycles. The molecule has 0 unspecified atom stereocenters. The van der Waals surface area contributed by atoms with Gasteiger partial charge in [0.15, 0.2) is 1.41 Å². The summed E-state index contributed by atoms with van der Waals surface area (Å²) in [4.78, 5) is 39.5. The maximum absolute atomic E-state index is 12.8. The minimum Gasteiger partial charge on any atom is -0.481 e. The third-order valence-electron chi connectivity index (χ3n) is 13.2. The maximum Gasteiger partial charge on any atom is 0.415 e. The third-order valence-corrected chi connectivity index (χ3v) is 13.3. The van der Waals surface area contributed by atoms with Crippen LogP contribution in [-0.2, 0) is 15.9 Å². The highest BCUT2D eigenvalue weighted by molar-refractivity contribution is 7.02. The Kier molecular flexibility index (Phi) is 23.2. The van der Waals surface area contributed by atoms with Gasteiger partial charge in [0.25, 0.3) is 0 Å². The van der Waals surface area contributed by atoms with Crippen molar-refractivity contribution in [1.82, 2.24) is 14.7 Å². The summed E-state index contributed by atoms with van der Waals surface area (Å²) in [6.07, 6.45) is 0.727. The number of carbonyl (C=O) groups excluding carboxylic acids is 2. The van der Waals surface area contributed by atoms with Gasteiger partial charge in [-0.2, -0.15) is 0 Å². The first kappa shape index (κ1) is 57.0. The molecule has 2 aliphatic rings. The molecule has 1 amide bonds. The molecule has 396 valence electrons. The van der Waals surface area contributed by atoms with Crippen molar-refractivity contribution in [2.24, 2.45) is 0 Å². The molecule has 2 saturated heterocycles. The summed E-state index contributed by atoms with van der Waals surface area (Å²) in [5, 5.41) is 12.9. The summed E-state index contributed by atoms with van der Waals surface area (Å²) in [7, 11) is 2.48. The molecule has 2 heterocycles. The van der Waals surface area contributed by atoms with Gasteiger partial charge in [-0.25, -0.2) is 9.59 Å². The fraction of sp³-hybridized carbons (Fsp3) is 0.203. The molecule has 2 fully saturated rings. The second-order valence-corrected chi connectivity index (χ2v) is 18.2. The average molecular weight is 1070 g/mol. The van der Waals surface area contributed by atoms with Crippen molar-refractivity contribution in [2.45, 2.75) is 30.8 Å². The summed E-state index contributed by atoms with van der Waals surface area (Å²) in [6.45, 7) is 8.94. The Labute approximate surface area is 462 Å². The van der Waals surface area contributed by atoms with Gasteiger partial charge in [0.05, 0.1) is 24.2 Å². The Morgan fingerprint density at radius 1 is 0.506 bits per heavy atom. The van der Waals surface area contributed by atoms with Gasteiger partial charge < -0.3 is 24.8 Å². The van der Waals surface area contributed by atoms with Gasteiger partial charge in [0.1, 0.15) is 11.5 Å². The summed E-state index contributed by atoms with van der Waals surface area (Å²) < 4.78 is 15.9. The van der Waals surface area contributed by atoms with Gasteiger partial charge >= 0.3 is 17.5 Å². The number of nitrogens with two attached hydrogens (primary N) is 1. The second-order valence-electron chi connectivity index (χ2n) is 17.9. The molecule has 0 spiro atoms. The van der Waals surface area contributed by atoms with E-state index in [1.807, 2.05) is 31.2 Å². The molecule has 0 atom stereocenters. The number of para-hydroxylation sites is 2. The summed E-state index contributed by atoms with van der Waals surface area (Å²) >= 11 is 4.95. The van der Waals surface area contributed by atoms with Crippen LogP contribution in [-0.4, -0.2) is 89.7 Å². The van der Waals surface area contributed by atoms with E-state index in [2.05, 4.69) is 216 Å². The lowest BCUT2D eigenvalue weighted by Crippen LogP contribution is -2.90. The standard InChI is InChI=1S/C30H28N2O2.C23H24N2.C7H5ClO2.C4H8O2.H2NP/c33-29(34-28-19-11-4-12-20-28)31-21-23-32(24-22-31)30(25-13-5-1-6-14-25,26-15-7-2-8-16-26)27-17-9-3-10-18-27;1-4-10-20(11-5-1)23(21-12-6-2-7-13-21,22-14-8-3-9-15-22)25-18-16-24-17-19-25;8-7(9)10-6-4-2-1-3-5-6;1-2-3-4(5)6;1-2/h1-20H,21-24H2;1-15,24H,16-19H2;1-5H;2-3H2,1H3,(H,5,6);1-2H/p+1/i/hT. The maximum atomic E-state index is 12.8. The number of aliphatic carboxylic acids is 1. The van der Waals surface area contributed by atoms with E-state index in [-0.39, 0.29) is 11.6 Å². The minimum absolute atomic E-state index is 0.238. The molecular weight excluding hydrogens is 1000 g/mol. The Balaban J connectivity index is 0.000000194. The number of nitrogens with one attached hydrogen (secondary N) is 1. The number of hydrogen-bond donors (Lipinski definition) is 3. The second kappa shape index (κ2) is 31.3. The zero-order valence-electron chi connectivity index (χ0n) is 44.4. The van der Waals surface area contributed by atoms with Gasteiger partial charge in [-0.3, -0.25) is 19.7 Å². The molecule has 10 rings (SSSR count). The SMILES string of the molecule is CCCC(=O)O.O=C(Cl)Oc1ccccc1.O=C(Oc1ccccc1)N1CCN(C(c2ccccc2)(c2ccccc2)c2ccccc2)CC1.[3H]N=P.c1ccc(C(c2ccccc2)(c2ccccc2)N2CC[NH2+]CC2)cc1. The first-order valence-corrected chi connectivity index (χ1v) is 26.6. The van der Waals surface area contributed by atoms with Gasteiger partial charge in [0.2, 0.25) is 0 Å². The van der Waals surface area contributed by atoms with E-state index in [1.54, 1.807) is 41.3 Å². The Morgan fingerprint density at radius 2 is 0.779 bits per heavy atom. The van der Waals surface area contributed by atoms with Gasteiger partial charge in [-0.05, 0) is 73.1 Å². The van der Waals surface area contributed by atoms with Crippen molar-refractivity contribution in [3.8, 4) is 11.5 Å². The highest BCUT2D eigenvalue weighted by Crippen LogP contribution is 2.44. The lowest BCUT2D eigenvalue weighted by Gasteiger charge is -2.48. The summed E-state index contributed by atoms with van der Waals surface area (Å²) in [5.41, 5.74) is 6.16. The fourth-order valence-corrected chi connectivity index (χ4v) is 10.0. The molecule has 2 aliphatic heterocycles. The van der Waals surface area contributed by atoms with Crippen LogP contribution in [0.1, 0.15) is 53.1 Å². The monoisotopic (exact) mass is 1070 g/mol. The fourth-order valence-electron chi connectivity index (χ4n) is 9.93. The topological polar surface area (TPSA) is 140 Å². The normalized spacial score (nSPS) is 13.5. The van der Waals surface area contributed by atoms with Gasteiger partial charge in [0, 0.05) is 57.3 Å². The summed E-state index contributed by atoms with van der Waals surface area (Å²) in [5.74, 6) is 0.321. The number of carboxylic acids is 1. The number of amides is 1. The van der Waals surface area contributed by atoms with E-state index in [4.69, 9.17) is 22.9 Å². The minimum atomic E-state index is -0.814. The summed E-state index contributed by atoms with van der Waals surface area (Å²) in [6, 6.07) is 82.8. The van der Waals surface area contributed by atoms with Gasteiger partial charge in [-0.1, -0.05) is 225 Å². The molecule has 0 aliphatic carbocycles. The number of piperazine rings is 2. The van der Waals surface area contributed by atoms with Crippen LogP contribution < -0.4 is 14.8 Å². The van der Waals surface area contributed by atoms with E-state index >= 15 is 0 Å². The Bertz CT molecular complexity index is 2770. The predicted octanol–water partition coefficient (Wildman–Crippen LogP) is 12.8. The van der Waals surface area contributed by atoms with Crippen LogP contribution in [0.4, 0.5) is 9.59 Å². The van der Waals surface area contributed by atoms with Crippen molar-refractivity contribution in [3.05, 3.63) is 276 Å². The van der Waals surface area contributed by atoms with Crippen molar-refractivity contribution in [3.63, 3.8) is 0 Å². The van der Waals surface area contributed by atoms with E-state index in [0.29, 0.717) is 31.0 Å². The van der Waals surface area contributed by atoms with E-state index in [0.717, 1.165) is 45.7 Å². The zero-order valence-corrected chi connectivity index (χ0v) is 45.2. The molecular formula is C64H68ClN5O6P+. The zero-order chi connectivity index (χ0) is 55.3. The van der Waals surface area contributed by atoms with Crippen molar-refractivity contribution >= 4 is 38.1 Å². The van der Waals surface area contributed by atoms with Crippen LogP contribution in [0.15, 0.2) is 243 Å². The quantitative estimate of drug-likeness (QED) is 0.0624. The lowest BCUT2D eigenvalue weighted by atomic mass is 9.75. The smallest absolute Gasteiger partial charge is 0.415 e. The number of nitrogens with zero attached hydrogens (tertiary/aromatic N) is 3. The van der Waals surface area contributed by atoms with E-state index in [9.17, 15) is 14.4 Å². The van der Waals surface area contributed by atoms with Crippen molar-refractivity contribution in [1.29, 1.82) is 5.15 Å². The number of benzene rings is 8. The first-order chi connectivity index (χ1) is 38.2. The van der Waals surface area contributed by atoms with Crippen LogP contribution in [0.2, 0.25) is 1.41 Å². The molecule has 11 nitrogen and oxygen atoms in total. The number of rotatable bonds is 12. The highest BCUT2D eigenvalue weighted by atomic mass is 35.5. The number of carbonyl (C=O) groups is 3. The van der Waals surface area contributed by atoms with Crippen LogP contribution in [0.5, 0.6) is 11.5 Å². The third kappa shape index (κ3) is 15.9. The van der Waals surface area contributed by atoms with Crippen molar-refractivity contribution in [2.75, 3.05) is 52.4 Å².